The van der Waals surface area contributed by atoms with Gasteiger partial charge in [-0.3, -0.25) is 4.79 Å². The van der Waals surface area contributed by atoms with Crippen molar-refractivity contribution in [2.45, 2.75) is 0 Å². The Morgan fingerprint density at radius 2 is 1.89 bits per heavy atom. The van der Waals surface area contributed by atoms with E-state index in [2.05, 4.69) is 21.2 Å². The van der Waals surface area contributed by atoms with Gasteiger partial charge >= 0.3 is 0 Å². The maximum Gasteiger partial charge on any atom is 0.255 e. The van der Waals surface area contributed by atoms with Crippen LogP contribution in [0.15, 0.2) is 46.9 Å². The summed E-state index contributed by atoms with van der Waals surface area (Å²) in [7, 11) is 0. The van der Waals surface area contributed by atoms with E-state index < -0.39 is 0 Å². The highest BCUT2D eigenvalue weighted by molar-refractivity contribution is 9.10. The molecule has 0 aromatic heterocycles. The van der Waals surface area contributed by atoms with Crippen molar-refractivity contribution in [1.29, 1.82) is 0 Å². The number of amides is 1. The summed E-state index contributed by atoms with van der Waals surface area (Å²) in [6.45, 7) is 0. The molecule has 0 aliphatic heterocycles. The van der Waals surface area contributed by atoms with Gasteiger partial charge in [0.15, 0.2) is 0 Å². The summed E-state index contributed by atoms with van der Waals surface area (Å²) >= 11 is 15.1. The molecule has 0 unspecified atom stereocenters. The Morgan fingerprint density at radius 1 is 1.11 bits per heavy atom. The van der Waals surface area contributed by atoms with Crippen molar-refractivity contribution in [1.82, 2.24) is 0 Å². The Bertz CT molecular complexity index is 601. The van der Waals surface area contributed by atoms with E-state index in [9.17, 15) is 4.79 Å². The number of carbonyl (C=O) groups is 1. The van der Waals surface area contributed by atoms with Crippen LogP contribution in [-0.2, 0) is 0 Å². The minimum absolute atomic E-state index is 0.222. The molecule has 0 aliphatic carbocycles. The van der Waals surface area contributed by atoms with Gasteiger partial charge in [-0.25, -0.2) is 0 Å². The quantitative estimate of drug-likeness (QED) is 0.815. The summed E-state index contributed by atoms with van der Waals surface area (Å²) < 4.78 is 0.845. The van der Waals surface area contributed by atoms with Gasteiger partial charge < -0.3 is 5.32 Å². The highest BCUT2D eigenvalue weighted by Gasteiger charge is 2.08. The minimum atomic E-state index is -0.222. The van der Waals surface area contributed by atoms with Gasteiger partial charge in [0.25, 0.3) is 5.91 Å². The van der Waals surface area contributed by atoms with E-state index >= 15 is 0 Å². The van der Waals surface area contributed by atoms with Crippen LogP contribution in [0.1, 0.15) is 10.4 Å². The summed E-state index contributed by atoms with van der Waals surface area (Å²) in [6.07, 6.45) is 0. The van der Waals surface area contributed by atoms with E-state index in [1.807, 2.05) is 6.07 Å². The Kier molecular flexibility index (Phi) is 4.27. The molecule has 0 heterocycles. The fraction of sp³-hybridized carbons (Fsp3) is 0. The number of nitrogens with one attached hydrogen (secondary N) is 1. The van der Waals surface area contributed by atoms with Crippen LogP contribution < -0.4 is 5.32 Å². The molecule has 2 rings (SSSR count). The number of hydrogen-bond acceptors (Lipinski definition) is 1. The van der Waals surface area contributed by atoms with Crippen LogP contribution >= 0.6 is 39.1 Å². The van der Waals surface area contributed by atoms with Gasteiger partial charge in [-0.1, -0.05) is 45.2 Å². The van der Waals surface area contributed by atoms with Crippen LogP contribution in [0.5, 0.6) is 0 Å². The van der Waals surface area contributed by atoms with E-state index in [1.165, 1.54) is 0 Å². The van der Waals surface area contributed by atoms with Crippen LogP contribution in [0.4, 0.5) is 5.69 Å². The fourth-order valence-corrected chi connectivity index (χ4v) is 2.27. The van der Waals surface area contributed by atoms with Gasteiger partial charge in [-0.15, -0.1) is 0 Å². The van der Waals surface area contributed by atoms with E-state index in [-0.39, 0.29) is 5.91 Å². The van der Waals surface area contributed by atoms with Gasteiger partial charge in [0.05, 0.1) is 10.7 Å². The van der Waals surface area contributed by atoms with Crippen molar-refractivity contribution in [3.8, 4) is 0 Å². The Hall–Kier alpha value is -1.03. The molecule has 0 aliphatic rings. The minimum Gasteiger partial charge on any atom is -0.321 e. The molecular formula is C13H8BrCl2NO. The van der Waals surface area contributed by atoms with Gasteiger partial charge in [-0.2, -0.15) is 0 Å². The van der Waals surface area contributed by atoms with Crippen molar-refractivity contribution < 1.29 is 4.79 Å². The third kappa shape index (κ3) is 3.25. The van der Waals surface area contributed by atoms with Gasteiger partial charge in [0.1, 0.15) is 0 Å². The molecule has 5 heteroatoms. The van der Waals surface area contributed by atoms with Crippen LogP contribution in [0.25, 0.3) is 0 Å². The average Bonchev–Trinajstić information content (AvgIpc) is 2.32. The zero-order chi connectivity index (χ0) is 13.1. The normalized spacial score (nSPS) is 10.2. The predicted octanol–water partition coefficient (Wildman–Crippen LogP) is 5.01. The zero-order valence-electron chi connectivity index (χ0n) is 9.08. The predicted molar refractivity (Wildman–Crippen MR) is 78.6 cm³/mol. The Morgan fingerprint density at radius 3 is 2.56 bits per heavy atom. The number of benzene rings is 2. The van der Waals surface area contributed by atoms with E-state index in [0.717, 1.165) is 4.47 Å². The second-order valence-corrected chi connectivity index (χ2v) is 5.35. The summed E-state index contributed by atoms with van der Waals surface area (Å²) in [5.74, 6) is -0.222. The van der Waals surface area contributed by atoms with Crippen molar-refractivity contribution in [2.75, 3.05) is 5.32 Å². The van der Waals surface area contributed by atoms with Crippen LogP contribution in [-0.4, -0.2) is 5.91 Å². The van der Waals surface area contributed by atoms with Crippen molar-refractivity contribution in [3.63, 3.8) is 0 Å². The molecule has 92 valence electrons. The fourth-order valence-electron chi connectivity index (χ4n) is 1.42. The first-order chi connectivity index (χ1) is 8.56. The summed E-state index contributed by atoms with van der Waals surface area (Å²) in [5.41, 5.74) is 1.08. The second kappa shape index (κ2) is 5.74. The largest absolute Gasteiger partial charge is 0.321 e. The van der Waals surface area contributed by atoms with Crippen molar-refractivity contribution >= 4 is 50.7 Å². The second-order valence-electron chi connectivity index (χ2n) is 3.59. The van der Waals surface area contributed by atoms with E-state index in [1.54, 1.807) is 36.4 Å². The lowest BCUT2D eigenvalue weighted by Gasteiger charge is -2.07. The molecule has 1 amide bonds. The maximum atomic E-state index is 12.0. The summed E-state index contributed by atoms with van der Waals surface area (Å²) in [6, 6.07) is 12.0. The van der Waals surface area contributed by atoms with Gasteiger partial charge in [0, 0.05) is 15.1 Å². The number of carbonyl (C=O) groups excluding carboxylic acids is 1. The van der Waals surface area contributed by atoms with Gasteiger partial charge in [0.2, 0.25) is 0 Å². The summed E-state index contributed by atoms with van der Waals surface area (Å²) in [4.78, 5) is 12.0. The van der Waals surface area contributed by atoms with Crippen LogP contribution in [0.2, 0.25) is 10.0 Å². The molecule has 2 aromatic carbocycles. The number of hydrogen-bond donors (Lipinski definition) is 1. The third-order valence-corrected chi connectivity index (χ3v) is 3.31. The highest BCUT2D eigenvalue weighted by Crippen LogP contribution is 2.26. The standard InChI is InChI=1S/C13H8BrCl2NO/c14-9-3-1-2-8(6-9)13(18)17-12-5-4-10(15)7-11(12)16/h1-7H,(H,17,18). The monoisotopic (exact) mass is 343 g/mol. The maximum absolute atomic E-state index is 12.0. The molecule has 0 saturated heterocycles. The molecule has 2 nitrogen and oxygen atoms in total. The molecule has 0 fully saturated rings. The van der Waals surface area contributed by atoms with Crippen molar-refractivity contribution in [3.05, 3.63) is 62.5 Å². The first kappa shape index (κ1) is 13.4. The Balaban J connectivity index is 2.21. The molecule has 2 aromatic rings. The smallest absolute Gasteiger partial charge is 0.255 e. The first-order valence-corrected chi connectivity index (χ1v) is 6.63. The molecular weight excluding hydrogens is 337 g/mol. The average molecular weight is 345 g/mol. The molecule has 0 saturated carbocycles. The van der Waals surface area contributed by atoms with Crippen molar-refractivity contribution in [2.24, 2.45) is 0 Å². The zero-order valence-corrected chi connectivity index (χ0v) is 12.2. The number of halogens is 3. The lowest BCUT2D eigenvalue weighted by molar-refractivity contribution is 0.102. The van der Waals surface area contributed by atoms with Crippen LogP contribution in [0.3, 0.4) is 0 Å². The molecule has 0 atom stereocenters. The van der Waals surface area contributed by atoms with Crippen LogP contribution in [0, 0.1) is 0 Å². The van der Waals surface area contributed by atoms with E-state index in [0.29, 0.717) is 21.3 Å². The lowest BCUT2D eigenvalue weighted by Crippen LogP contribution is -2.12. The highest BCUT2D eigenvalue weighted by atomic mass is 79.9. The summed E-state index contributed by atoms with van der Waals surface area (Å²) in [5, 5.41) is 3.67. The molecule has 0 spiro atoms. The molecule has 1 N–H and O–H groups in total. The molecule has 0 radical (unpaired) electrons. The molecule has 0 bridgehead atoms. The number of anilines is 1. The number of rotatable bonds is 2. The first-order valence-electron chi connectivity index (χ1n) is 5.08. The lowest BCUT2D eigenvalue weighted by atomic mass is 10.2. The van der Waals surface area contributed by atoms with Gasteiger partial charge in [-0.05, 0) is 36.4 Å². The molecule has 18 heavy (non-hydrogen) atoms. The topological polar surface area (TPSA) is 29.1 Å². The van der Waals surface area contributed by atoms with E-state index in [4.69, 9.17) is 23.2 Å². The SMILES string of the molecule is O=C(Nc1ccc(Cl)cc1Cl)c1cccc(Br)c1. The Labute approximate surface area is 123 Å². The third-order valence-electron chi connectivity index (χ3n) is 2.27.